The molecule has 0 spiro atoms. The number of hydrogen-bond acceptors (Lipinski definition) is 3. The predicted octanol–water partition coefficient (Wildman–Crippen LogP) is 0.561. The highest BCUT2D eigenvalue weighted by Gasteiger charge is 2.32. The molecule has 60 valence electrons. The topological polar surface area (TPSA) is 60.8 Å². The monoisotopic (exact) mass is 147 g/mol. The van der Waals surface area contributed by atoms with Gasteiger partial charge < -0.3 is 10.3 Å². The van der Waals surface area contributed by atoms with E-state index in [9.17, 15) is 4.79 Å². The highest BCUT2D eigenvalue weighted by atomic mass is 16.5. The van der Waals surface area contributed by atoms with Gasteiger partial charge in [0.15, 0.2) is 0 Å². The molecule has 0 atom stereocenters. The Bertz CT molecular complexity index is 133. The van der Waals surface area contributed by atoms with Crippen LogP contribution in [0.2, 0.25) is 0 Å². The Balaban J connectivity index is 4.23. The van der Waals surface area contributed by atoms with Crippen LogP contribution in [0.15, 0.2) is 0 Å². The van der Waals surface area contributed by atoms with Crippen molar-refractivity contribution in [3.8, 4) is 0 Å². The molecule has 0 radical (unpaired) electrons. The van der Waals surface area contributed by atoms with Crippen LogP contribution in [0, 0.1) is 0 Å². The molecule has 0 aromatic heterocycles. The Hall–Kier alpha value is -0.610. The molecule has 0 bridgehead atoms. The molecular weight excluding hydrogens is 134 g/mol. The molecule has 4 heteroatoms. The lowest BCUT2D eigenvalue weighted by Crippen LogP contribution is -2.48. The van der Waals surface area contributed by atoms with Gasteiger partial charge in [-0.25, -0.2) is 0 Å². The molecular formula is C6H13NO3. The fourth-order valence-corrected chi connectivity index (χ4v) is 0.506. The Kier molecular flexibility index (Phi) is 2.80. The average Bonchev–Trinajstić information content (AvgIpc) is 1.86. The normalized spacial score (nSPS) is 12.1. The van der Waals surface area contributed by atoms with E-state index in [1.54, 1.807) is 6.92 Å². The summed E-state index contributed by atoms with van der Waals surface area (Å²) >= 11 is 0. The van der Waals surface area contributed by atoms with Crippen LogP contribution < -0.4 is 0 Å². The third kappa shape index (κ3) is 1.68. The van der Waals surface area contributed by atoms with Crippen LogP contribution in [-0.2, 0) is 4.79 Å². The van der Waals surface area contributed by atoms with Crippen molar-refractivity contribution in [2.45, 2.75) is 26.3 Å². The lowest BCUT2D eigenvalue weighted by molar-refractivity contribution is -0.188. The minimum atomic E-state index is -1.19. The van der Waals surface area contributed by atoms with E-state index in [4.69, 9.17) is 10.3 Å². The predicted molar refractivity (Wildman–Crippen MR) is 35.9 cm³/mol. The molecule has 2 N–H and O–H groups in total. The first-order chi connectivity index (χ1) is 4.42. The number of likely N-dealkylation sites (N-methyl/N-ethyl adjacent to an activating group) is 1. The number of carbonyl (C=O) groups is 1. The van der Waals surface area contributed by atoms with Gasteiger partial charge in [-0.15, -0.1) is 0 Å². The Morgan fingerprint density at radius 2 is 2.00 bits per heavy atom. The Morgan fingerprint density at radius 1 is 1.60 bits per heavy atom. The van der Waals surface area contributed by atoms with E-state index >= 15 is 0 Å². The fraction of sp³-hybridized carbons (Fsp3) is 0.833. The lowest BCUT2D eigenvalue weighted by Gasteiger charge is -2.27. The molecule has 0 saturated carbocycles. The van der Waals surface area contributed by atoms with Crippen LogP contribution in [0.25, 0.3) is 0 Å². The summed E-state index contributed by atoms with van der Waals surface area (Å²) in [5, 5.41) is 18.3. The lowest BCUT2D eigenvalue weighted by atomic mass is 10.1. The third-order valence-electron chi connectivity index (χ3n) is 1.47. The molecule has 10 heavy (non-hydrogen) atoms. The molecule has 0 fully saturated rings. The number of hydroxylamine groups is 2. The molecule has 0 aliphatic heterocycles. The molecule has 0 rings (SSSR count). The molecule has 0 saturated heterocycles. The largest absolute Gasteiger partial charge is 0.480 e. The van der Waals surface area contributed by atoms with Crippen molar-refractivity contribution in [2.24, 2.45) is 0 Å². The second-order valence-corrected chi connectivity index (χ2v) is 2.58. The minimum absolute atomic E-state index is 0.305. The fourth-order valence-electron chi connectivity index (χ4n) is 0.506. The van der Waals surface area contributed by atoms with Crippen molar-refractivity contribution in [3.05, 3.63) is 0 Å². The Labute approximate surface area is 60.0 Å². The van der Waals surface area contributed by atoms with Gasteiger partial charge in [0.05, 0.1) is 0 Å². The van der Waals surface area contributed by atoms with Gasteiger partial charge in [0.1, 0.15) is 5.54 Å². The van der Waals surface area contributed by atoms with Gasteiger partial charge in [0.2, 0.25) is 0 Å². The zero-order valence-electron chi connectivity index (χ0n) is 6.46. The van der Waals surface area contributed by atoms with Gasteiger partial charge in [-0.05, 0) is 13.8 Å². The molecule has 0 aromatic carbocycles. The van der Waals surface area contributed by atoms with Crippen molar-refractivity contribution in [1.29, 1.82) is 0 Å². The first kappa shape index (κ1) is 9.39. The summed E-state index contributed by atoms with van der Waals surface area (Å²) in [6.07, 6.45) is 0. The maximum Gasteiger partial charge on any atom is 0.325 e. The maximum absolute atomic E-state index is 10.4. The smallest absolute Gasteiger partial charge is 0.325 e. The molecule has 0 aliphatic carbocycles. The molecule has 0 unspecified atom stereocenters. The summed E-state index contributed by atoms with van der Waals surface area (Å²) in [4.78, 5) is 10.4. The van der Waals surface area contributed by atoms with Crippen LogP contribution >= 0.6 is 0 Å². The van der Waals surface area contributed by atoms with Crippen LogP contribution in [0.3, 0.4) is 0 Å². The number of hydrogen-bond donors (Lipinski definition) is 2. The van der Waals surface area contributed by atoms with Crippen LogP contribution in [0.4, 0.5) is 0 Å². The molecule has 0 amide bonds. The first-order valence-electron chi connectivity index (χ1n) is 3.12. The zero-order chi connectivity index (χ0) is 8.36. The average molecular weight is 147 g/mol. The summed E-state index contributed by atoms with van der Waals surface area (Å²) in [5.41, 5.74) is -1.19. The minimum Gasteiger partial charge on any atom is -0.480 e. The second-order valence-electron chi connectivity index (χ2n) is 2.58. The summed E-state index contributed by atoms with van der Waals surface area (Å²) in [6.45, 7) is 4.88. The third-order valence-corrected chi connectivity index (χ3v) is 1.47. The number of nitrogens with zero attached hydrogens (tertiary/aromatic N) is 1. The van der Waals surface area contributed by atoms with E-state index in [0.29, 0.717) is 6.54 Å². The van der Waals surface area contributed by atoms with E-state index in [1.807, 2.05) is 0 Å². The molecule has 0 aromatic rings. The summed E-state index contributed by atoms with van der Waals surface area (Å²) < 4.78 is 0. The van der Waals surface area contributed by atoms with E-state index in [-0.39, 0.29) is 0 Å². The van der Waals surface area contributed by atoms with Gasteiger partial charge in [0.25, 0.3) is 0 Å². The zero-order valence-corrected chi connectivity index (χ0v) is 6.46. The summed E-state index contributed by atoms with van der Waals surface area (Å²) in [5.74, 6) is -1.03. The van der Waals surface area contributed by atoms with Crippen LogP contribution in [0.5, 0.6) is 0 Å². The van der Waals surface area contributed by atoms with Gasteiger partial charge >= 0.3 is 5.97 Å². The highest BCUT2D eigenvalue weighted by molar-refractivity contribution is 5.77. The van der Waals surface area contributed by atoms with E-state index in [2.05, 4.69) is 0 Å². The highest BCUT2D eigenvalue weighted by Crippen LogP contribution is 2.10. The van der Waals surface area contributed by atoms with Crippen molar-refractivity contribution in [1.82, 2.24) is 5.06 Å². The van der Waals surface area contributed by atoms with Crippen LogP contribution in [-0.4, -0.2) is 33.4 Å². The second kappa shape index (κ2) is 2.98. The maximum atomic E-state index is 10.4. The molecule has 0 aliphatic rings. The number of aliphatic carboxylic acids is 1. The van der Waals surface area contributed by atoms with Gasteiger partial charge in [-0.2, -0.15) is 5.06 Å². The van der Waals surface area contributed by atoms with Crippen LogP contribution in [0.1, 0.15) is 20.8 Å². The summed E-state index contributed by atoms with van der Waals surface area (Å²) in [6, 6.07) is 0. The van der Waals surface area contributed by atoms with Gasteiger partial charge in [0, 0.05) is 6.54 Å². The van der Waals surface area contributed by atoms with Gasteiger partial charge in [-0.1, -0.05) is 6.92 Å². The number of carboxylic acid groups (broad SMARTS) is 1. The number of rotatable bonds is 3. The molecule has 4 nitrogen and oxygen atoms in total. The van der Waals surface area contributed by atoms with E-state index < -0.39 is 11.5 Å². The Morgan fingerprint density at radius 3 is 2.10 bits per heavy atom. The molecule has 0 heterocycles. The van der Waals surface area contributed by atoms with Gasteiger partial charge in [-0.3, -0.25) is 4.79 Å². The van der Waals surface area contributed by atoms with E-state index in [1.165, 1.54) is 13.8 Å². The first-order valence-corrected chi connectivity index (χ1v) is 3.12. The number of carboxylic acids is 1. The van der Waals surface area contributed by atoms with Crippen molar-refractivity contribution in [2.75, 3.05) is 6.54 Å². The SMILES string of the molecule is CCN(O)C(C)(C)C(=O)O. The van der Waals surface area contributed by atoms with Crippen molar-refractivity contribution < 1.29 is 15.1 Å². The summed E-state index contributed by atoms with van der Waals surface area (Å²) in [7, 11) is 0. The van der Waals surface area contributed by atoms with Crippen molar-refractivity contribution in [3.63, 3.8) is 0 Å². The standard InChI is InChI=1S/C6H13NO3/c1-4-7(10)6(2,3)5(8)9/h10H,4H2,1-3H3,(H,8,9). The quantitative estimate of drug-likeness (QED) is 0.572. The van der Waals surface area contributed by atoms with E-state index in [0.717, 1.165) is 5.06 Å². The van der Waals surface area contributed by atoms with Crippen molar-refractivity contribution >= 4 is 5.97 Å².